The summed E-state index contributed by atoms with van der Waals surface area (Å²) in [4.78, 5) is 35.4. The molecule has 0 saturated carbocycles. The van der Waals surface area contributed by atoms with Gasteiger partial charge in [0.25, 0.3) is 11.8 Å². The van der Waals surface area contributed by atoms with E-state index in [9.17, 15) is 18.8 Å². The van der Waals surface area contributed by atoms with Crippen LogP contribution >= 0.6 is 0 Å². The Morgan fingerprint density at radius 2 is 1.61 bits per heavy atom. The van der Waals surface area contributed by atoms with E-state index in [4.69, 9.17) is 0 Å². The number of amides is 2. The number of benzene rings is 1. The first-order valence-electron chi connectivity index (χ1n) is 5.56. The van der Waals surface area contributed by atoms with Gasteiger partial charge in [-0.3, -0.25) is 14.4 Å². The van der Waals surface area contributed by atoms with Crippen LogP contribution in [-0.2, 0) is 4.79 Å². The summed E-state index contributed by atoms with van der Waals surface area (Å²) in [5.74, 6) is -4.94. The van der Waals surface area contributed by atoms with E-state index in [-0.39, 0.29) is 17.4 Å². The fourth-order valence-electron chi connectivity index (χ4n) is 1.95. The van der Waals surface area contributed by atoms with Gasteiger partial charge in [0.1, 0.15) is 0 Å². The first-order valence-corrected chi connectivity index (χ1v) is 5.56. The van der Waals surface area contributed by atoms with Crippen molar-refractivity contribution in [2.45, 2.75) is 19.6 Å². The topological polar surface area (TPSA) is 54.5 Å². The quantitative estimate of drug-likeness (QED) is 0.466. The molecule has 1 aliphatic heterocycles. The maximum atomic E-state index is 14.5. The van der Waals surface area contributed by atoms with Crippen LogP contribution in [0.5, 0.6) is 0 Å². The van der Waals surface area contributed by atoms with Crippen molar-refractivity contribution in [3.63, 3.8) is 0 Å². The zero-order chi connectivity index (χ0) is 13.5. The molecule has 1 atom stereocenters. The van der Waals surface area contributed by atoms with Crippen molar-refractivity contribution in [1.29, 1.82) is 0 Å². The van der Waals surface area contributed by atoms with Gasteiger partial charge >= 0.3 is 0 Å². The standard InChI is InChI=1S/C13H12FNO3/c1-8(2)13(14,7-16)15-11(17)9-5-3-4-6-10(9)12(15)18/h3-8H,1-2H3/t13-/m0/s1. The molecule has 94 valence electrons. The van der Waals surface area contributed by atoms with Crippen LogP contribution < -0.4 is 0 Å². The molecule has 0 aromatic heterocycles. The van der Waals surface area contributed by atoms with Crippen molar-refractivity contribution < 1.29 is 18.8 Å². The van der Waals surface area contributed by atoms with Crippen LogP contribution in [0.3, 0.4) is 0 Å². The number of halogens is 1. The van der Waals surface area contributed by atoms with Crippen LogP contribution in [0.15, 0.2) is 24.3 Å². The minimum absolute atomic E-state index is 0.0132. The predicted molar refractivity (Wildman–Crippen MR) is 61.7 cm³/mol. The lowest BCUT2D eigenvalue weighted by Gasteiger charge is -2.31. The number of carbonyl (C=O) groups is 3. The predicted octanol–water partition coefficient (Wildman–Crippen LogP) is 1.80. The molecule has 0 bridgehead atoms. The summed E-state index contributed by atoms with van der Waals surface area (Å²) in [6.45, 7) is 2.88. The van der Waals surface area contributed by atoms with Gasteiger partial charge in [0, 0.05) is 5.92 Å². The second kappa shape index (κ2) is 4.01. The first-order chi connectivity index (χ1) is 8.43. The molecular weight excluding hydrogens is 237 g/mol. The maximum Gasteiger partial charge on any atom is 0.264 e. The Kier molecular flexibility index (Phi) is 2.77. The van der Waals surface area contributed by atoms with Gasteiger partial charge in [-0.05, 0) is 12.1 Å². The number of hydrogen-bond acceptors (Lipinski definition) is 3. The zero-order valence-electron chi connectivity index (χ0n) is 10.0. The maximum absolute atomic E-state index is 14.5. The Hall–Kier alpha value is -2.04. The molecule has 1 aromatic rings. The summed E-state index contributed by atoms with van der Waals surface area (Å²) in [7, 11) is 0. The molecule has 5 heteroatoms. The zero-order valence-corrected chi connectivity index (χ0v) is 10.0. The van der Waals surface area contributed by atoms with E-state index in [0.29, 0.717) is 4.90 Å². The lowest BCUT2D eigenvalue weighted by atomic mass is 10.0. The molecule has 0 radical (unpaired) electrons. The average molecular weight is 249 g/mol. The molecule has 2 rings (SSSR count). The van der Waals surface area contributed by atoms with Crippen molar-refractivity contribution in [2.24, 2.45) is 5.92 Å². The van der Waals surface area contributed by atoms with Gasteiger partial charge < -0.3 is 0 Å². The third-order valence-corrected chi connectivity index (χ3v) is 3.11. The number of aldehydes is 1. The highest BCUT2D eigenvalue weighted by atomic mass is 19.1. The number of alkyl halides is 1. The molecule has 2 amide bonds. The van der Waals surface area contributed by atoms with Crippen molar-refractivity contribution in [3.8, 4) is 0 Å². The Morgan fingerprint density at radius 3 is 1.94 bits per heavy atom. The molecule has 18 heavy (non-hydrogen) atoms. The van der Waals surface area contributed by atoms with Crippen LogP contribution in [0.1, 0.15) is 34.6 Å². The van der Waals surface area contributed by atoms with Crippen LogP contribution in [-0.4, -0.2) is 28.8 Å². The third kappa shape index (κ3) is 1.47. The third-order valence-electron chi connectivity index (χ3n) is 3.11. The number of nitrogens with zero attached hydrogens (tertiary/aromatic N) is 1. The molecule has 0 saturated heterocycles. The Morgan fingerprint density at radius 1 is 1.17 bits per heavy atom. The van der Waals surface area contributed by atoms with Crippen molar-refractivity contribution in [1.82, 2.24) is 4.90 Å². The number of rotatable bonds is 3. The monoisotopic (exact) mass is 249 g/mol. The smallest absolute Gasteiger partial charge is 0.264 e. The van der Waals surface area contributed by atoms with Gasteiger partial charge in [0.2, 0.25) is 5.79 Å². The molecular formula is C13H12FNO3. The number of carbonyl (C=O) groups excluding carboxylic acids is 3. The molecule has 0 aliphatic carbocycles. The molecule has 0 N–H and O–H groups in total. The van der Waals surface area contributed by atoms with E-state index >= 15 is 0 Å². The molecule has 1 heterocycles. The van der Waals surface area contributed by atoms with E-state index in [1.807, 2.05) is 0 Å². The van der Waals surface area contributed by atoms with E-state index in [2.05, 4.69) is 0 Å². The highest BCUT2D eigenvalue weighted by Crippen LogP contribution is 2.33. The van der Waals surface area contributed by atoms with E-state index < -0.39 is 23.5 Å². The second-order valence-electron chi connectivity index (χ2n) is 4.49. The summed E-state index contributed by atoms with van der Waals surface area (Å²) < 4.78 is 14.5. The second-order valence-corrected chi connectivity index (χ2v) is 4.49. The van der Waals surface area contributed by atoms with E-state index in [1.165, 1.54) is 26.0 Å². The van der Waals surface area contributed by atoms with Gasteiger partial charge in [-0.1, -0.05) is 26.0 Å². The lowest BCUT2D eigenvalue weighted by molar-refractivity contribution is -0.130. The van der Waals surface area contributed by atoms with Gasteiger partial charge in [-0.2, -0.15) is 0 Å². The van der Waals surface area contributed by atoms with Crippen LogP contribution in [0.2, 0.25) is 0 Å². The molecule has 0 unspecified atom stereocenters. The summed E-state index contributed by atoms with van der Waals surface area (Å²) in [6, 6.07) is 6.07. The summed E-state index contributed by atoms with van der Waals surface area (Å²) in [5.41, 5.74) is 0.263. The van der Waals surface area contributed by atoms with Gasteiger partial charge in [-0.15, -0.1) is 0 Å². The highest BCUT2D eigenvalue weighted by molar-refractivity contribution is 6.22. The first kappa shape index (κ1) is 12.4. The van der Waals surface area contributed by atoms with E-state index in [0.717, 1.165) is 0 Å². The fourth-order valence-corrected chi connectivity index (χ4v) is 1.95. The van der Waals surface area contributed by atoms with Crippen LogP contribution in [0.25, 0.3) is 0 Å². The Bertz CT molecular complexity index is 506. The van der Waals surface area contributed by atoms with Crippen molar-refractivity contribution >= 4 is 18.1 Å². The highest BCUT2D eigenvalue weighted by Gasteiger charge is 2.51. The minimum atomic E-state index is -2.60. The molecule has 4 nitrogen and oxygen atoms in total. The lowest BCUT2D eigenvalue weighted by Crippen LogP contribution is -2.53. The molecule has 0 fully saturated rings. The Labute approximate surface area is 103 Å². The summed E-state index contributed by atoms with van der Waals surface area (Å²) in [5, 5.41) is 0. The van der Waals surface area contributed by atoms with Gasteiger partial charge in [0.15, 0.2) is 6.29 Å². The SMILES string of the molecule is CC(C)[C@](F)(C=O)N1C(=O)c2ccccc2C1=O. The van der Waals surface area contributed by atoms with Crippen LogP contribution in [0, 0.1) is 5.92 Å². The van der Waals surface area contributed by atoms with Gasteiger partial charge in [-0.25, -0.2) is 9.29 Å². The average Bonchev–Trinajstić information content (AvgIpc) is 2.62. The molecule has 1 aromatic carbocycles. The number of imide groups is 1. The minimum Gasteiger partial charge on any atom is -0.298 e. The number of fused-ring (bicyclic) bond motifs is 1. The molecule has 1 aliphatic rings. The van der Waals surface area contributed by atoms with E-state index in [1.54, 1.807) is 12.1 Å². The van der Waals surface area contributed by atoms with Crippen LogP contribution in [0.4, 0.5) is 4.39 Å². The molecule has 0 spiro atoms. The normalized spacial score (nSPS) is 17.9. The Balaban J connectivity index is 2.55. The van der Waals surface area contributed by atoms with Gasteiger partial charge in [0.05, 0.1) is 11.1 Å². The fraction of sp³-hybridized carbons (Fsp3) is 0.308. The number of hydrogen-bond donors (Lipinski definition) is 0. The summed E-state index contributed by atoms with van der Waals surface area (Å²) in [6.07, 6.45) is 0.0132. The largest absolute Gasteiger partial charge is 0.298 e. The summed E-state index contributed by atoms with van der Waals surface area (Å²) >= 11 is 0. The van der Waals surface area contributed by atoms with Crippen molar-refractivity contribution in [3.05, 3.63) is 35.4 Å². The van der Waals surface area contributed by atoms with Crippen molar-refractivity contribution in [2.75, 3.05) is 0 Å².